The lowest BCUT2D eigenvalue weighted by atomic mass is 10.1. The molecule has 0 aliphatic carbocycles. The largest absolute Gasteiger partial charge is 0.343 e. The van der Waals surface area contributed by atoms with Crippen molar-refractivity contribution in [1.29, 1.82) is 0 Å². The predicted octanol–water partition coefficient (Wildman–Crippen LogP) is 4.30. The minimum absolute atomic E-state index is 0.0746. The molecule has 1 aliphatic rings. The van der Waals surface area contributed by atoms with Crippen molar-refractivity contribution in [3.8, 4) is 0 Å². The number of amides is 2. The highest BCUT2D eigenvalue weighted by Gasteiger charge is 2.23. The number of benzene rings is 2. The van der Waals surface area contributed by atoms with Crippen molar-refractivity contribution in [3.63, 3.8) is 0 Å². The molecule has 146 valence electrons. The topological polar surface area (TPSA) is 40.6 Å². The van der Waals surface area contributed by atoms with Gasteiger partial charge in [-0.2, -0.15) is 0 Å². The van der Waals surface area contributed by atoms with Crippen molar-refractivity contribution in [2.24, 2.45) is 0 Å². The highest BCUT2D eigenvalue weighted by atomic mass is 16.2. The van der Waals surface area contributed by atoms with Crippen LogP contribution in [0.5, 0.6) is 0 Å². The van der Waals surface area contributed by atoms with E-state index in [-0.39, 0.29) is 17.9 Å². The predicted molar refractivity (Wildman–Crippen MR) is 112 cm³/mol. The Morgan fingerprint density at radius 1 is 1.00 bits per heavy atom. The first-order chi connectivity index (χ1) is 13.6. The lowest BCUT2D eigenvalue weighted by Gasteiger charge is -2.29. The monoisotopic (exact) mass is 376 g/mol. The molecule has 2 aromatic rings. The van der Waals surface area contributed by atoms with E-state index in [1.807, 2.05) is 78.6 Å². The first-order valence-electron chi connectivity index (χ1n) is 10.0. The number of hydrogen-bond acceptors (Lipinski definition) is 2. The molecule has 1 aliphatic heterocycles. The van der Waals surface area contributed by atoms with Gasteiger partial charge in [-0.25, -0.2) is 0 Å². The zero-order valence-corrected chi connectivity index (χ0v) is 16.5. The van der Waals surface area contributed by atoms with Gasteiger partial charge in [-0.05, 0) is 37.0 Å². The van der Waals surface area contributed by atoms with Crippen molar-refractivity contribution in [3.05, 3.63) is 77.9 Å². The van der Waals surface area contributed by atoms with Gasteiger partial charge < -0.3 is 9.80 Å². The Labute approximate surface area is 167 Å². The lowest BCUT2D eigenvalue weighted by molar-refractivity contribution is -0.132. The Morgan fingerprint density at radius 2 is 1.61 bits per heavy atom. The summed E-state index contributed by atoms with van der Waals surface area (Å²) in [4.78, 5) is 29.2. The fraction of sp³-hybridized carbons (Fsp3) is 0.333. The second-order valence-electron chi connectivity index (χ2n) is 7.20. The summed E-state index contributed by atoms with van der Waals surface area (Å²) in [5.41, 5.74) is 2.05. The van der Waals surface area contributed by atoms with E-state index in [0.29, 0.717) is 13.0 Å². The van der Waals surface area contributed by atoms with Gasteiger partial charge in [0, 0.05) is 32.1 Å². The number of nitrogens with zero attached hydrogens (tertiary/aromatic N) is 2. The molecule has 0 radical (unpaired) electrons. The standard InChI is InChI=1S/C24H28N2O2/c1-20(22-12-6-3-7-13-22)26(19-16-23(27)25-17-8-9-18-25)24(28)15-14-21-10-4-2-5-11-21/h2-7,10-15,20H,8-9,16-19H2,1H3/b15-14+. The smallest absolute Gasteiger partial charge is 0.247 e. The average Bonchev–Trinajstić information content (AvgIpc) is 3.28. The minimum atomic E-state index is -0.0968. The van der Waals surface area contributed by atoms with Crippen molar-refractivity contribution in [1.82, 2.24) is 9.80 Å². The van der Waals surface area contributed by atoms with Gasteiger partial charge in [0.1, 0.15) is 0 Å². The summed E-state index contributed by atoms with van der Waals surface area (Å²) in [6.07, 6.45) is 5.95. The van der Waals surface area contributed by atoms with Gasteiger partial charge in [0.15, 0.2) is 0 Å². The molecule has 0 saturated carbocycles. The van der Waals surface area contributed by atoms with Crippen molar-refractivity contribution >= 4 is 17.9 Å². The summed E-state index contributed by atoms with van der Waals surface area (Å²) in [6, 6.07) is 19.6. The third-order valence-electron chi connectivity index (χ3n) is 5.28. The third kappa shape index (κ3) is 5.32. The highest BCUT2D eigenvalue weighted by Crippen LogP contribution is 2.21. The second-order valence-corrected chi connectivity index (χ2v) is 7.20. The number of likely N-dealkylation sites (tertiary alicyclic amines) is 1. The summed E-state index contributed by atoms with van der Waals surface area (Å²) in [5.74, 6) is 0.0667. The summed E-state index contributed by atoms with van der Waals surface area (Å²) >= 11 is 0. The van der Waals surface area contributed by atoms with Gasteiger partial charge >= 0.3 is 0 Å². The average molecular weight is 376 g/mol. The van der Waals surface area contributed by atoms with Crippen LogP contribution in [0, 0.1) is 0 Å². The number of rotatable bonds is 7. The van der Waals surface area contributed by atoms with Crippen LogP contribution in [-0.2, 0) is 9.59 Å². The Balaban J connectivity index is 1.72. The van der Waals surface area contributed by atoms with E-state index in [9.17, 15) is 9.59 Å². The molecule has 0 spiro atoms. The lowest BCUT2D eigenvalue weighted by Crippen LogP contribution is -2.37. The zero-order valence-electron chi connectivity index (χ0n) is 16.5. The zero-order chi connectivity index (χ0) is 19.8. The molecule has 1 unspecified atom stereocenters. The van der Waals surface area contributed by atoms with Gasteiger partial charge in [0.05, 0.1) is 6.04 Å². The molecule has 0 N–H and O–H groups in total. The van der Waals surface area contributed by atoms with Gasteiger partial charge in [0.25, 0.3) is 0 Å². The third-order valence-corrected chi connectivity index (χ3v) is 5.28. The minimum Gasteiger partial charge on any atom is -0.343 e. The molecular formula is C24H28N2O2. The Kier molecular flexibility index (Phi) is 7.01. The number of carbonyl (C=O) groups excluding carboxylic acids is 2. The van der Waals surface area contributed by atoms with E-state index in [0.717, 1.165) is 37.1 Å². The van der Waals surface area contributed by atoms with Crippen LogP contribution in [0.4, 0.5) is 0 Å². The van der Waals surface area contributed by atoms with E-state index < -0.39 is 0 Å². The molecule has 3 rings (SSSR count). The van der Waals surface area contributed by atoms with Gasteiger partial charge in [-0.3, -0.25) is 9.59 Å². The van der Waals surface area contributed by atoms with Gasteiger partial charge in [-0.15, -0.1) is 0 Å². The molecule has 4 nitrogen and oxygen atoms in total. The molecule has 2 aromatic carbocycles. The maximum atomic E-state index is 13.0. The SMILES string of the molecule is CC(c1ccccc1)N(CCC(=O)N1CCCC1)C(=O)/C=C/c1ccccc1. The van der Waals surface area contributed by atoms with Crippen LogP contribution >= 0.6 is 0 Å². The fourth-order valence-electron chi connectivity index (χ4n) is 3.57. The molecule has 0 aromatic heterocycles. The molecule has 1 atom stereocenters. The van der Waals surface area contributed by atoms with Crippen LogP contribution in [0.15, 0.2) is 66.7 Å². The summed E-state index contributed by atoms with van der Waals surface area (Å²) < 4.78 is 0. The van der Waals surface area contributed by atoms with E-state index >= 15 is 0 Å². The summed E-state index contributed by atoms with van der Waals surface area (Å²) in [6.45, 7) is 4.12. The molecule has 0 bridgehead atoms. The van der Waals surface area contributed by atoms with Crippen LogP contribution in [-0.4, -0.2) is 41.2 Å². The number of hydrogen-bond donors (Lipinski definition) is 0. The van der Waals surface area contributed by atoms with Crippen LogP contribution in [0.2, 0.25) is 0 Å². The van der Waals surface area contributed by atoms with Crippen LogP contribution in [0.1, 0.15) is 43.4 Å². The van der Waals surface area contributed by atoms with E-state index in [2.05, 4.69) is 0 Å². The Bertz CT molecular complexity index is 796. The normalized spacial score (nSPS) is 15.0. The molecular weight excluding hydrogens is 348 g/mol. The molecule has 4 heteroatoms. The summed E-state index contributed by atoms with van der Waals surface area (Å²) in [7, 11) is 0. The maximum absolute atomic E-state index is 13.0. The van der Waals surface area contributed by atoms with Crippen molar-refractivity contribution in [2.45, 2.75) is 32.2 Å². The van der Waals surface area contributed by atoms with Crippen LogP contribution in [0.3, 0.4) is 0 Å². The highest BCUT2D eigenvalue weighted by molar-refractivity contribution is 5.92. The van der Waals surface area contributed by atoms with E-state index in [1.165, 1.54) is 0 Å². The molecule has 2 amide bonds. The molecule has 1 heterocycles. The quantitative estimate of drug-likeness (QED) is 0.676. The molecule has 1 fully saturated rings. The van der Waals surface area contributed by atoms with Crippen LogP contribution in [0.25, 0.3) is 6.08 Å². The second kappa shape index (κ2) is 9.88. The Morgan fingerprint density at radius 3 is 2.25 bits per heavy atom. The molecule has 28 heavy (non-hydrogen) atoms. The van der Waals surface area contributed by atoms with E-state index in [1.54, 1.807) is 11.0 Å². The fourth-order valence-corrected chi connectivity index (χ4v) is 3.57. The Hall–Kier alpha value is -2.88. The molecule has 1 saturated heterocycles. The van der Waals surface area contributed by atoms with Gasteiger partial charge in [-0.1, -0.05) is 60.7 Å². The summed E-state index contributed by atoms with van der Waals surface area (Å²) in [5, 5.41) is 0. The van der Waals surface area contributed by atoms with Gasteiger partial charge in [0.2, 0.25) is 11.8 Å². The first kappa shape index (κ1) is 19.9. The maximum Gasteiger partial charge on any atom is 0.247 e. The van der Waals surface area contributed by atoms with Crippen molar-refractivity contribution in [2.75, 3.05) is 19.6 Å². The van der Waals surface area contributed by atoms with Crippen LogP contribution < -0.4 is 0 Å². The number of carbonyl (C=O) groups is 2. The van der Waals surface area contributed by atoms with E-state index in [4.69, 9.17) is 0 Å². The first-order valence-corrected chi connectivity index (χ1v) is 10.0. The van der Waals surface area contributed by atoms with Crippen molar-refractivity contribution < 1.29 is 9.59 Å².